The molecule has 22 heavy (non-hydrogen) atoms. The van der Waals surface area contributed by atoms with Crippen LogP contribution >= 0.6 is 0 Å². The molecule has 0 aliphatic heterocycles. The van der Waals surface area contributed by atoms with Crippen molar-refractivity contribution in [3.8, 4) is 0 Å². The van der Waals surface area contributed by atoms with Gasteiger partial charge in [0.15, 0.2) is 0 Å². The third-order valence-corrected chi connectivity index (χ3v) is 4.56. The summed E-state index contributed by atoms with van der Waals surface area (Å²) in [5.41, 5.74) is 1.66. The van der Waals surface area contributed by atoms with Gasteiger partial charge >= 0.3 is 0 Å². The third-order valence-electron chi connectivity index (χ3n) is 3.18. The zero-order chi connectivity index (χ0) is 16.3. The van der Waals surface area contributed by atoms with E-state index in [9.17, 15) is 13.2 Å². The summed E-state index contributed by atoms with van der Waals surface area (Å²) < 4.78 is 27.1. The molecule has 0 aromatic heterocycles. The Morgan fingerprint density at radius 3 is 2.23 bits per heavy atom. The maximum Gasteiger partial charge on any atom is 0.261 e. The van der Waals surface area contributed by atoms with Gasteiger partial charge in [-0.15, -0.1) is 0 Å². The molecule has 0 aliphatic rings. The third kappa shape index (κ3) is 3.46. The average Bonchev–Trinajstić information content (AvgIpc) is 2.49. The molecule has 0 spiro atoms. The lowest BCUT2D eigenvalue weighted by Gasteiger charge is -2.14. The second-order valence-electron chi connectivity index (χ2n) is 5.15. The summed E-state index contributed by atoms with van der Waals surface area (Å²) in [6.07, 6.45) is 0. The molecule has 116 valence electrons. The van der Waals surface area contributed by atoms with E-state index >= 15 is 0 Å². The molecule has 0 bridgehead atoms. The fraction of sp³-hybridized carbons (Fsp3) is 0.188. The fourth-order valence-corrected chi connectivity index (χ4v) is 3.12. The number of hydrogen-bond acceptors (Lipinski definition) is 3. The summed E-state index contributed by atoms with van der Waals surface area (Å²) in [6, 6.07) is 13.0. The van der Waals surface area contributed by atoms with E-state index in [4.69, 9.17) is 0 Å². The summed E-state index contributed by atoms with van der Waals surface area (Å²) in [5, 5.41) is 0. The first-order chi connectivity index (χ1) is 10.3. The smallest absolute Gasteiger partial charge is 0.261 e. The van der Waals surface area contributed by atoms with Gasteiger partial charge in [-0.1, -0.05) is 18.2 Å². The van der Waals surface area contributed by atoms with Gasteiger partial charge in [0, 0.05) is 19.7 Å². The van der Waals surface area contributed by atoms with Crippen molar-refractivity contribution in [2.75, 3.05) is 18.8 Å². The van der Waals surface area contributed by atoms with Crippen LogP contribution in [0.5, 0.6) is 0 Å². The van der Waals surface area contributed by atoms with Crippen molar-refractivity contribution in [1.29, 1.82) is 0 Å². The summed E-state index contributed by atoms with van der Waals surface area (Å²) in [6.45, 7) is 1.76. The van der Waals surface area contributed by atoms with Gasteiger partial charge in [-0.3, -0.25) is 9.52 Å². The molecule has 5 nitrogen and oxygen atoms in total. The van der Waals surface area contributed by atoms with E-state index in [0.717, 1.165) is 0 Å². The predicted molar refractivity (Wildman–Crippen MR) is 86.4 cm³/mol. The molecule has 0 saturated heterocycles. The van der Waals surface area contributed by atoms with E-state index in [2.05, 4.69) is 4.72 Å². The van der Waals surface area contributed by atoms with Crippen molar-refractivity contribution in [1.82, 2.24) is 4.90 Å². The molecule has 6 heteroatoms. The summed E-state index contributed by atoms with van der Waals surface area (Å²) >= 11 is 0. The lowest BCUT2D eigenvalue weighted by Crippen LogP contribution is -2.22. The second kappa shape index (κ2) is 6.19. The first-order valence-electron chi connectivity index (χ1n) is 6.71. The zero-order valence-corrected chi connectivity index (χ0v) is 13.5. The summed E-state index contributed by atoms with van der Waals surface area (Å²) in [5.74, 6) is -0.124. The van der Waals surface area contributed by atoms with Gasteiger partial charge in [0.1, 0.15) is 0 Å². The van der Waals surface area contributed by atoms with E-state index in [1.165, 1.54) is 17.0 Å². The molecule has 0 saturated carbocycles. The normalized spacial score (nSPS) is 11.0. The highest BCUT2D eigenvalue weighted by molar-refractivity contribution is 7.92. The van der Waals surface area contributed by atoms with Crippen LogP contribution in [-0.2, 0) is 10.0 Å². The minimum Gasteiger partial charge on any atom is -0.345 e. The van der Waals surface area contributed by atoms with Crippen LogP contribution in [0.4, 0.5) is 5.69 Å². The molecule has 0 aliphatic carbocycles. The number of anilines is 1. The average molecular weight is 318 g/mol. The first kappa shape index (κ1) is 16.0. The van der Waals surface area contributed by atoms with Gasteiger partial charge in [-0.25, -0.2) is 8.42 Å². The lowest BCUT2D eigenvalue weighted by atomic mass is 10.1. The Bertz CT molecular complexity index is 784. The summed E-state index contributed by atoms with van der Waals surface area (Å²) in [4.78, 5) is 13.6. The van der Waals surface area contributed by atoms with E-state index in [-0.39, 0.29) is 10.8 Å². The van der Waals surface area contributed by atoms with Crippen molar-refractivity contribution in [2.45, 2.75) is 11.8 Å². The van der Waals surface area contributed by atoms with Crippen LogP contribution in [0.3, 0.4) is 0 Å². The molecule has 0 fully saturated rings. The van der Waals surface area contributed by atoms with Crippen LogP contribution in [0.15, 0.2) is 53.4 Å². The molecule has 0 atom stereocenters. The second-order valence-corrected chi connectivity index (χ2v) is 6.83. The molecule has 0 heterocycles. The van der Waals surface area contributed by atoms with Crippen molar-refractivity contribution >= 4 is 21.6 Å². The van der Waals surface area contributed by atoms with Gasteiger partial charge in [-0.2, -0.15) is 0 Å². The Morgan fingerprint density at radius 1 is 1.05 bits per heavy atom. The van der Waals surface area contributed by atoms with Crippen molar-refractivity contribution < 1.29 is 13.2 Å². The number of hydrogen-bond donors (Lipinski definition) is 1. The topological polar surface area (TPSA) is 66.5 Å². The quantitative estimate of drug-likeness (QED) is 0.942. The number of nitrogens with one attached hydrogen (secondary N) is 1. The molecule has 0 unspecified atom stereocenters. The van der Waals surface area contributed by atoms with Crippen molar-refractivity contribution in [2.24, 2.45) is 0 Å². The van der Waals surface area contributed by atoms with Crippen LogP contribution < -0.4 is 4.72 Å². The zero-order valence-electron chi connectivity index (χ0n) is 12.7. The number of amides is 1. The Labute approximate surface area is 130 Å². The Hall–Kier alpha value is -2.34. The monoisotopic (exact) mass is 318 g/mol. The molecule has 1 amide bonds. The van der Waals surface area contributed by atoms with Crippen LogP contribution in [0.25, 0.3) is 0 Å². The Balaban J connectivity index is 2.30. The maximum atomic E-state index is 12.3. The predicted octanol–water partition coefficient (Wildman–Crippen LogP) is 2.50. The summed E-state index contributed by atoms with van der Waals surface area (Å²) in [7, 11) is -0.290. The highest BCUT2D eigenvalue weighted by Crippen LogP contribution is 2.21. The standard InChI is InChI=1S/C16H18N2O3S/c1-12-11-13(16(19)18(2)3)9-10-15(12)17-22(20,21)14-7-5-4-6-8-14/h4-11,17H,1-3H3. The molecule has 2 aromatic carbocycles. The fourth-order valence-electron chi connectivity index (χ4n) is 1.97. The van der Waals surface area contributed by atoms with Gasteiger partial charge in [0.05, 0.1) is 10.6 Å². The van der Waals surface area contributed by atoms with Gasteiger partial charge in [0.2, 0.25) is 0 Å². The SMILES string of the molecule is Cc1cc(C(=O)N(C)C)ccc1NS(=O)(=O)c1ccccc1. The molecule has 2 aromatic rings. The number of rotatable bonds is 4. The molecule has 2 rings (SSSR count). The van der Waals surface area contributed by atoms with E-state index < -0.39 is 10.0 Å². The number of nitrogens with zero attached hydrogens (tertiary/aromatic N) is 1. The Kier molecular flexibility index (Phi) is 4.51. The van der Waals surface area contributed by atoms with Gasteiger partial charge in [-0.05, 0) is 42.8 Å². The lowest BCUT2D eigenvalue weighted by molar-refractivity contribution is 0.0827. The minimum atomic E-state index is -3.63. The van der Waals surface area contributed by atoms with Crippen LogP contribution in [0.1, 0.15) is 15.9 Å². The van der Waals surface area contributed by atoms with Crippen molar-refractivity contribution in [3.05, 3.63) is 59.7 Å². The number of aryl methyl sites for hydroxylation is 1. The highest BCUT2D eigenvalue weighted by atomic mass is 32.2. The number of carbonyl (C=O) groups is 1. The molecular weight excluding hydrogens is 300 g/mol. The Morgan fingerprint density at radius 2 is 1.68 bits per heavy atom. The van der Waals surface area contributed by atoms with Crippen molar-refractivity contribution in [3.63, 3.8) is 0 Å². The maximum absolute atomic E-state index is 12.3. The number of sulfonamides is 1. The largest absolute Gasteiger partial charge is 0.345 e. The first-order valence-corrected chi connectivity index (χ1v) is 8.20. The van der Waals surface area contributed by atoms with Crippen LogP contribution in [0, 0.1) is 6.92 Å². The van der Waals surface area contributed by atoms with Crippen LogP contribution in [0.2, 0.25) is 0 Å². The van der Waals surface area contributed by atoms with Crippen LogP contribution in [-0.4, -0.2) is 33.3 Å². The van der Waals surface area contributed by atoms with Gasteiger partial charge < -0.3 is 4.90 Å². The van der Waals surface area contributed by atoms with E-state index in [0.29, 0.717) is 16.8 Å². The minimum absolute atomic E-state index is 0.124. The van der Waals surface area contributed by atoms with E-state index in [1.807, 2.05) is 0 Å². The molecular formula is C16H18N2O3S. The molecule has 1 N–H and O–H groups in total. The number of carbonyl (C=O) groups excluding carboxylic acids is 1. The van der Waals surface area contributed by atoms with Gasteiger partial charge in [0.25, 0.3) is 15.9 Å². The molecule has 0 radical (unpaired) electrons. The highest BCUT2D eigenvalue weighted by Gasteiger charge is 2.16. The number of benzene rings is 2. The van der Waals surface area contributed by atoms with E-state index in [1.54, 1.807) is 57.4 Å².